The van der Waals surface area contributed by atoms with Crippen molar-refractivity contribution in [2.24, 2.45) is 0 Å². The number of hydrogen-bond donors (Lipinski definition) is 1. The summed E-state index contributed by atoms with van der Waals surface area (Å²) < 4.78 is 53.7. The zero-order valence-corrected chi connectivity index (χ0v) is 14.4. The zero-order chi connectivity index (χ0) is 19.4. The van der Waals surface area contributed by atoms with E-state index in [-0.39, 0.29) is 33.4 Å². The van der Waals surface area contributed by atoms with E-state index in [1.54, 1.807) is 0 Å². The van der Waals surface area contributed by atoms with Crippen molar-refractivity contribution in [3.05, 3.63) is 71.6 Å². The van der Waals surface area contributed by atoms with Gasteiger partial charge < -0.3 is 5.32 Å². The number of carbonyl (C=O) groups is 1. The molecule has 0 radical (unpaired) electrons. The van der Waals surface area contributed by atoms with E-state index in [9.17, 15) is 22.4 Å². The van der Waals surface area contributed by atoms with Crippen LogP contribution in [0, 0.1) is 23.3 Å². The molecule has 0 bridgehead atoms. The van der Waals surface area contributed by atoms with Crippen LogP contribution in [0.1, 0.15) is 10.4 Å². The maximum atomic E-state index is 14.0. The van der Waals surface area contributed by atoms with Crippen molar-refractivity contribution in [3.8, 4) is 11.3 Å². The first kappa shape index (κ1) is 18.8. The van der Waals surface area contributed by atoms with E-state index >= 15 is 0 Å². The minimum atomic E-state index is -0.862. The van der Waals surface area contributed by atoms with Gasteiger partial charge in [-0.25, -0.2) is 27.5 Å². The molecule has 0 fully saturated rings. The molecule has 0 spiro atoms. The van der Waals surface area contributed by atoms with Crippen LogP contribution in [-0.2, 0) is 0 Å². The maximum Gasteiger partial charge on any atom is 0.154 e. The molecule has 9 heteroatoms. The van der Waals surface area contributed by atoms with Crippen LogP contribution >= 0.6 is 11.8 Å². The van der Waals surface area contributed by atoms with Gasteiger partial charge in [0.15, 0.2) is 6.29 Å². The molecule has 3 aromatic rings. The first-order chi connectivity index (χ1) is 13.0. The molecule has 0 unspecified atom stereocenters. The van der Waals surface area contributed by atoms with Crippen molar-refractivity contribution in [1.29, 1.82) is 0 Å². The van der Waals surface area contributed by atoms with Crippen LogP contribution in [0.25, 0.3) is 11.3 Å². The topological polar surface area (TPSA) is 54.9 Å². The third-order valence-electron chi connectivity index (χ3n) is 3.55. The highest BCUT2D eigenvalue weighted by atomic mass is 32.2. The fourth-order valence-electron chi connectivity index (χ4n) is 2.31. The highest BCUT2D eigenvalue weighted by Crippen LogP contribution is 2.29. The van der Waals surface area contributed by atoms with Gasteiger partial charge in [-0.2, -0.15) is 0 Å². The van der Waals surface area contributed by atoms with Crippen LogP contribution < -0.4 is 5.32 Å². The average molecular weight is 393 g/mol. The summed E-state index contributed by atoms with van der Waals surface area (Å²) >= 11 is 1.05. The summed E-state index contributed by atoms with van der Waals surface area (Å²) in [5.41, 5.74) is 0.0815. The lowest BCUT2D eigenvalue weighted by Gasteiger charge is -2.11. The predicted molar refractivity (Wildman–Crippen MR) is 93.5 cm³/mol. The first-order valence-corrected chi connectivity index (χ1v) is 8.55. The van der Waals surface area contributed by atoms with Crippen LogP contribution in [0.15, 0.2) is 47.8 Å². The number of nitrogens with one attached hydrogen (secondary N) is 1. The van der Waals surface area contributed by atoms with Crippen molar-refractivity contribution in [2.75, 3.05) is 11.2 Å². The highest BCUT2D eigenvalue weighted by molar-refractivity contribution is 7.99. The molecule has 0 amide bonds. The summed E-state index contributed by atoms with van der Waals surface area (Å²) in [4.78, 5) is 19.4. The smallest absolute Gasteiger partial charge is 0.154 e. The second-order valence-corrected chi connectivity index (χ2v) is 6.24. The summed E-state index contributed by atoms with van der Waals surface area (Å²) in [5.74, 6) is -2.97. The predicted octanol–water partition coefficient (Wildman–Crippen LogP) is 4.67. The Hall–Kier alpha value is -2.94. The Labute approximate surface area is 155 Å². The number of aromatic nitrogens is 2. The van der Waals surface area contributed by atoms with Crippen LogP contribution in [0.4, 0.5) is 23.2 Å². The van der Waals surface area contributed by atoms with Crippen LogP contribution in [0.2, 0.25) is 0 Å². The Morgan fingerprint density at radius 1 is 0.963 bits per heavy atom. The Morgan fingerprint density at radius 3 is 2.33 bits per heavy atom. The molecule has 0 aliphatic rings. The SMILES string of the molecule is O=Cc1c(SCNc2ccc(F)cc2F)ncnc1-c1ccc(F)cc1F. The quantitative estimate of drug-likeness (QED) is 0.217. The van der Waals surface area contributed by atoms with Crippen LogP contribution in [-0.4, -0.2) is 22.1 Å². The molecule has 138 valence electrons. The standard InChI is InChI=1S/C18H11F4N3OS/c19-10-1-3-12(14(21)5-10)17-13(7-26)18(24-8-23-17)27-9-25-16-4-2-11(20)6-15(16)22/h1-8,25H,9H2. The van der Waals surface area contributed by atoms with Crippen molar-refractivity contribution in [2.45, 2.75) is 5.03 Å². The lowest BCUT2D eigenvalue weighted by atomic mass is 10.1. The van der Waals surface area contributed by atoms with Crippen LogP contribution in [0.5, 0.6) is 0 Å². The van der Waals surface area contributed by atoms with Crippen molar-refractivity contribution < 1.29 is 22.4 Å². The number of aldehydes is 1. The van der Waals surface area contributed by atoms with E-state index in [2.05, 4.69) is 15.3 Å². The van der Waals surface area contributed by atoms with E-state index in [4.69, 9.17) is 0 Å². The summed E-state index contributed by atoms with van der Waals surface area (Å²) in [6, 6.07) is 6.02. The molecule has 0 saturated heterocycles. The van der Waals surface area contributed by atoms with Crippen molar-refractivity contribution in [3.63, 3.8) is 0 Å². The van der Waals surface area contributed by atoms with Gasteiger partial charge in [0.05, 0.1) is 22.8 Å². The summed E-state index contributed by atoms with van der Waals surface area (Å²) in [7, 11) is 0. The number of halogens is 4. The van der Waals surface area contributed by atoms with Gasteiger partial charge in [0.2, 0.25) is 0 Å². The molecule has 0 aliphatic heterocycles. The Morgan fingerprint density at radius 2 is 1.67 bits per heavy atom. The Balaban J connectivity index is 1.83. The van der Waals surface area contributed by atoms with Crippen molar-refractivity contribution >= 4 is 23.7 Å². The maximum absolute atomic E-state index is 14.0. The van der Waals surface area contributed by atoms with Gasteiger partial charge in [-0.05, 0) is 24.3 Å². The van der Waals surface area contributed by atoms with Gasteiger partial charge in [-0.1, -0.05) is 11.8 Å². The molecule has 4 nitrogen and oxygen atoms in total. The third-order valence-corrected chi connectivity index (χ3v) is 4.44. The average Bonchev–Trinajstić information content (AvgIpc) is 2.63. The van der Waals surface area contributed by atoms with Crippen molar-refractivity contribution in [1.82, 2.24) is 9.97 Å². The normalized spacial score (nSPS) is 10.7. The van der Waals surface area contributed by atoms with Gasteiger partial charge in [-0.15, -0.1) is 0 Å². The number of carbonyl (C=O) groups excluding carboxylic acids is 1. The molecule has 0 aliphatic carbocycles. The monoisotopic (exact) mass is 393 g/mol. The van der Waals surface area contributed by atoms with Crippen LogP contribution in [0.3, 0.4) is 0 Å². The summed E-state index contributed by atoms with van der Waals surface area (Å²) in [6.07, 6.45) is 1.62. The number of rotatable bonds is 6. The van der Waals surface area contributed by atoms with E-state index < -0.39 is 23.3 Å². The van der Waals surface area contributed by atoms with E-state index in [0.29, 0.717) is 12.4 Å². The number of nitrogens with zero attached hydrogens (tertiary/aromatic N) is 2. The largest absolute Gasteiger partial charge is 0.373 e. The molecule has 0 atom stereocenters. The number of thioether (sulfide) groups is 1. The molecular weight excluding hydrogens is 382 g/mol. The second kappa shape index (κ2) is 8.17. The number of anilines is 1. The molecule has 3 rings (SSSR count). The molecule has 27 heavy (non-hydrogen) atoms. The minimum Gasteiger partial charge on any atom is -0.373 e. The second-order valence-electron chi connectivity index (χ2n) is 5.27. The van der Waals surface area contributed by atoms with Gasteiger partial charge >= 0.3 is 0 Å². The molecule has 2 aromatic carbocycles. The number of benzene rings is 2. The molecule has 1 N–H and O–H groups in total. The lowest BCUT2D eigenvalue weighted by molar-refractivity contribution is 0.112. The molecule has 1 aromatic heterocycles. The highest BCUT2D eigenvalue weighted by Gasteiger charge is 2.16. The zero-order valence-electron chi connectivity index (χ0n) is 13.5. The number of hydrogen-bond acceptors (Lipinski definition) is 5. The van der Waals surface area contributed by atoms with Gasteiger partial charge in [-0.3, -0.25) is 4.79 Å². The summed E-state index contributed by atoms with van der Waals surface area (Å²) in [6.45, 7) is 0. The Bertz CT molecular complexity index is 1000. The van der Waals surface area contributed by atoms with E-state index in [0.717, 1.165) is 36.3 Å². The lowest BCUT2D eigenvalue weighted by Crippen LogP contribution is -2.04. The van der Waals surface area contributed by atoms with Gasteiger partial charge in [0.25, 0.3) is 0 Å². The minimum absolute atomic E-state index is 0.0213. The molecular formula is C18H11F4N3OS. The fourth-order valence-corrected chi connectivity index (χ4v) is 3.10. The first-order valence-electron chi connectivity index (χ1n) is 7.57. The van der Waals surface area contributed by atoms with Gasteiger partial charge in [0.1, 0.15) is 34.6 Å². The van der Waals surface area contributed by atoms with Gasteiger partial charge in [0, 0.05) is 17.7 Å². The fraction of sp³-hybridized carbons (Fsp3) is 0.0556. The summed E-state index contributed by atoms with van der Waals surface area (Å²) in [5, 5.41) is 2.97. The third kappa shape index (κ3) is 4.25. The molecule has 0 saturated carbocycles. The van der Waals surface area contributed by atoms with E-state index in [1.165, 1.54) is 12.1 Å². The molecule has 1 heterocycles. The van der Waals surface area contributed by atoms with E-state index in [1.807, 2.05) is 0 Å². The Kier molecular flexibility index (Phi) is 5.70.